The zero-order valence-electron chi connectivity index (χ0n) is 15.9. The van der Waals surface area contributed by atoms with E-state index in [0.717, 1.165) is 6.42 Å². The van der Waals surface area contributed by atoms with Crippen LogP contribution in [0, 0.1) is 0 Å². The molecule has 0 aromatic rings. The first-order valence-electron chi connectivity index (χ1n) is 9.51. The molecule has 0 rings (SSSR count). The van der Waals surface area contributed by atoms with Crippen LogP contribution in [0.1, 0.15) is 72.6 Å². The van der Waals surface area contributed by atoms with E-state index >= 15 is 0 Å². The van der Waals surface area contributed by atoms with E-state index in [1.54, 1.807) is 6.08 Å². The molecule has 0 saturated carbocycles. The summed E-state index contributed by atoms with van der Waals surface area (Å²) in [5.41, 5.74) is 0. The van der Waals surface area contributed by atoms with Gasteiger partial charge in [0, 0.05) is 0 Å². The standard InChI is InChI=1S/C8H11O2.3C4H9.Sn/c1-4-6-8(5-2)10-7(3)9;3*1-3-4-2;/h1,4-5,8H,2,6H2,3H3;3*1,3-4H2,2H3;/t8-;;;;/m1..../s1. The molecule has 0 aromatic carbocycles. The number of esters is 1. The number of rotatable bonds is 14. The molecule has 134 valence electrons. The van der Waals surface area contributed by atoms with Crippen molar-refractivity contribution in [2.24, 2.45) is 0 Å². The van der Waals surface area contributed by atoms with Crippen molar-refractivity contribution >= 4 is 24.3 Å². The molecule has 0 saturated heterocycles. The third-order valence-corrected chi connectivity index (χ3v) is 18.7. The van der Waals surface area contributed by atoms with Crippen LogP contribution >= 0.6 is 0 Å². The summed E-state index contributed by atoms with van der Waals surface area (Å²) in [5.74, 6) is -0.221. The molecule has 0 heterocycles. The second-order valence-electron chi connectivity index (χ2n) is 6.69. The topological polar surface area (TPSA) is 26.3 Å². The molecule has 0 unspecified atom stereocenters. The third kappa shape index (κ3) is 11.0. The first-order valence-corrected chi connectivity index (χ1v) is 17.2. The number of carbonyl (C=O) groups excluding carboxylic acids is 1. The zero-order chi connectivity index (χ0) is 17.6. The average molecular weight is 429 g/mol. The average Bonchev–Trinajstić information content (AvgIpc) is 2.54. The van der Waals surface area contributed by atoms with Crippen LogP contribution in [-0.2, 0) is 9.53 Å². The number of unbranched alkanes of at least 4 members (excludes halogenated alkanes) is 3. The van der Waals surface area contributed by atoms with Crippen molar-refractivity contribution in [3.05, 3.63) is 22.8 Å². The Kier molecular flexibility index (Phi) is 14.0. The Morgan fingerprint density at radius 1 is 1.04 bits per heavy atom. The van der Waals surface area contributed by atoms with Crippen LogP contribution in [-0.4, -0.2) is 30.5 Å². The molecule has 0 aliphatic rings. The Balaban J connectivity index is 4.93. The minimum atomic E-state index is -2.18. The van der Waals surface area contributed by atoms with Crippen molar-refractivity contribution in [2.45, 2.75) is 92.1 Å². The zero-order valence-corrected chi connectivity index (χ0v) is 18.8. The number of ether oxygens (including phenoxy) is 1. The molecule has 23 heavy (non-hydrogen) atoms. The molecule has 0 radical (unpaired) electrons. The fraction of sp³-hybridized carbons (Fsp3) is 0.750. The van der Waals surface area contributed by atoms with Crippen LogP contribution in [0.25, 0.3) is 0 Å². The van der Waals surface area contributed by atoms with Gasteiger partial charge in [-0.1, -0.05) is 0 Å². The quantitative estimate of drug-likeness (QED) is 0.181. The third-order valence-electron chi connectivity index (χ3n) is 4.50. The summed E-state index contributed by atoms with van der Waals surface area (Å²) >= 11 is -2.18. The molecule has 0 aromatic heterocycles. The van der Waals surface area contributed by atoms with Crippen molar-refractivity contribution in [2.75, 3.05) is 0 Å². The van der Waals surface area contributed by atoms with Crippen LogP contribution in [0.4, 0.5) is 0 Å². The number of hydrogen-bond acceptors (Lipinski definition) is 2. The van der Waals surface area contributed by atoms with Gasteiger partial charge in [-0.15, -0.1) is 0 Å². The van der Waals surface area contributed by atoms with Gasteiger partial charge in [0.05, 0.1) is 0 Å². The molecule has 0 aliphatic heterocycles. The van der Waals surface area contributed by atoms with Crippen molar-refractivity contribution in [3.63, 3.8) is 0 Å². The fourth-order valence-corrected chi connectivity index (χ4v) is 17.5. The SMILES string of the molecule is C=C[C@H](C/C=[CH]/[Sn]([CH2]CCC)([CH2]CCC)[CH2]CCC)OC(C)=O. The maximum absolute atomic E-state index is 11.1. The van der Waals surface area contributed by atoms with Gasteiger partial charge in [0.15, 0.2) is 0 Å². The molecule has 2 nitrogen and oxygen atoms in total. The van der Waals surface area contributed by atoms with Gasteiger partial charge in [-0.25, -0.2) is 0 Å². The van der Waals surface area contributed by atoms with E-state index in [-0.39, 0.29) is 12.1 Å². The van der Waals surface area contributed by atoms with Gasteiger partial charge in [0.2, 0.25) is 0 Å². The predicted molar refractivity (Wildman–Crippen MR) is 104 cm³/mol. The van der Waals surface area contributed by atoms with Crippen molar-refractivity contribution in [3.8, 4) is 0 Å². The second-order valence-corrected chi connectivity index (χ2v) is 19.7. The van der Waals surface area contributed by atoms with Gasteiger partial charge >= 0.3 is 149 Å². The summed E-state index contributed by atoms with van der Waals surface area (Å²) in [7, 11) is 0. The predicted octanol–water partition coefficient (Wildman–Crippen LogP) is 6.44. The van der Waals surface area contributed by atoms with E-state index in [1.807, 2.05) is 0 Å². The molecule has 0 N–H and O–H groups in total. The molecule has 0 spiro atoms. The van der Waals surface area contributed by atoms with E-state index in [0.29, 0.717) is 0 Å². The van der Waals surface area contributed by atoms with Crippen molar-refractivity contribution in [1.29, 1.82) is 0 Å². The van der Waals surface area contributed by atoms with Crippen LogP contribution in [0.5, 0.6) is 0 Å². The van der Waals surface area contributed by atoms with E-state index in [4.69, 9.17) is 4.74 Å². The fourth-order valence-electron chi connectivity index (χ4n) is 3.07. The summed E-state index contributed by atoms with van der Waals surface area (Å²) in [6.07, 6.45) is 12.7. The molecule has 3 heteroatoms. The number of hydrogen-bond donors (Lipinski definition) is 0. The molecule has 1 atom stereocenters. The van der Waals surface area contributed by atoms with Crippen molar-refractivity contribution in [1.82, 2.24) is 0 Å². The number of carbonyl (C=O) groups is 1. The van der Waals surface area contributed by atoms with Crippen LogP contribution < -0.4 is 0 Å². The van der Waals surface area contributed by atoms with Gasteiger partial charge in [0.1, 0.15) is 0 Å². The summed E-state index contributed by atoms with van der Waals surface area (Å²) in [4.78, 5) is 11.1. The normalized spacial score (nSPS) is 13.2. The van der Waals surface area contributed by atoms with Gasteiger partial charge < -0.3 is 0 Å². The van der Waals surface area contributed by atoms with Crippen molar-refractivity contribution < 1.29 is 9.53 Å². The monoisotopic (exact) mass is 430 g/mol. The summed E-state index contributed by atoms with van der Waals surface area (Å²) in [6.45, 7) is 12.1. The Labute approximate surface area is 148 Å². The molecular weight excluding hydrogens is 391 g/mol. The molecule has 0 bridgehead atoms. The molecular formula is C20H38O2Sn. The second kappa shape index (κ2) is 14.1. The summed E-state index contributed by atoms with van der Waals surface area (Å²) < 4.78 is 12.3. The van der Waals surface area contributed by atoms with Crippen LogP contribution in [0.3, 0.4) is 0 Å². The minimum absolute atomic E-state index is 0.170. The Morgan fingerprint density at radius 2 is 1.52 bits per heavy atom. The van der Waals surface area contributed by atoms with Crippen LogP contribution in [0.2, 0.25) is 13.3 Å². The Bertz CT molecular complexity index is 328. The van der Waals surface area contributed by atoms with E-state index in [1.165, 1.54) is 58.8 Å². The van der Waals surface area contributed by atoms with Gasteiger partial charge in [-0.3, -0.25) is 0 Å². The maximum atomic E-state index is 11.1. The van der Waals surface area contributed by atoms with E-state index < -0.39 is 18.4 Å². The molecule has 0 amide bonds. The van der Waals surface area contributed by atoms with Gasteiger partial charge in [-0.05, 0) is 0 Å². The summed E-state index contributed by atoms with van der Waals surface area (Å²) in [6, 6.07) is 0. The van der Waals surface area contributed by atoms with Crippen LogP contribution in [0.15, 0.2) is 22.8 Å². The Hall–Kier alpha value is -0.251. The first kappa shape index (κ1) is 22.7. The van der Waals surface area contributed by atoms with E-state index in [2.05, 4.69) is 37.5 Å². The van der Waals surface area contributed by atoms with Gasteiger partial charge in [-0.2, -0.15) is 0 Å². The molecule has 0 aliphatic carbocycles. The van der Waals surface area contributed by atoms with Gasteiger partial charge in [0.25, 0.3) is 0 Å². The molecule has 0 fully saturated rings. The first-order chi connectivity index (χ1) is 11.0. The van der Waals surface area contributed by atoms with E-state index in [9.17, 15) is 4.79 Å². The summed E-state index contributed by atoms with van der Waals surface area (Å²) in [5, 5.41) is 0. The Morgan fingerprint density at radius 3 is 1.87 bits per heavy atom.